The largest absolute Gasteiger partial charge is 0.492 e. The van der Waals surface area contributed by atoms with Crippen molar-refractivity contribution in [1.29, 1.82) is 0 Å². The third-order valence-electron chi connectivity index (χ3n) is 5.47. The number of nitrogens with zero attached hydrogens (tertiary/aromatic N) is 3. The highest BCUT2D eigenvalue weighted by Crippen LogP contribution is 2.51. The molecule has 5 rings (SSSR count). The summed E-state index contributed by atoms with van der Waals surface area (Å²) in [5, 5.41) is 9.52. The van der Waals surface area contributed by atoms with Gasteiger partial charge in [-0.3, -0.25) is 14.7 Å². The van der Waals surface area contributed by atoms with E-state index in [0.29, 0.717) is 19.7 Å². The molecule has 4 aliphatic heterocycles. The van der Waals surface area contributed by atoms with Crippen molar-refractivity contribution in [2.75, 3.05) is 26.2 Å². The maximum Gasteiger partial charge on any atom is 0.264 e. The molecule has 140 valence electrons. The van der Waals surface area contributed by atoms with Crippen molar-refractivity contribution >= 4 is 28.3 Å². The molecule has 1 aromatic heterocycles. The number of rotatable bonds is 3. The van der Waals surface area contributed by atoms with Gasteiger partial charge in [0.2, 0.25) is 0 Å². The lowest BCUT2D eigenvalue weighted by Crippen LogP contribution is -2.34. The fraction of sp³-hybridized carbons (Fsp3) is 0.450. The first-order valence-electron chi connectivity index (χ1n) is 9.40. The summed E-state index contributed by atoms with van der Waals surface area (Å²) in [5.74, 6) is 0.756. The average molecular weight is 383 g/mol. The number of allylic oxidation sites excluding steroid dienone is 1. The van der Waals surface area contributed by atoms with Gasteiger partial charge >= 0.3 is 0 Å². The minimum Gasteiger partial charge on any atom is -0.492 e. The Hall–Kier alpha value is -1.96. The molecule has 1 N–H and O–H groups in total. The van der Waals surface area contributed by atoms with E-state index in [4.69, 9.17) is 4.74 Å². The number of aliphatic hydroxyl groups excluding tert-OH is 1. The molecule has 0 bridgehead atoms. The van der Waals surface area contributed by atoms with Crippen LogP contribution in [0.3, 0.4) is 0 Å². The molecular weight excluding hydrogens is 362 g/mol. The number of dihydropyridines is 1. The molecule has 0 radical (unpaired) electrons. The molecule has 1 aromatic rings. The second-order valence-electron chi connectivity index (χ2n) is 7.31. The maximum atomic E-state index is 12.8. The molecule has 1 unspecified atom stereocenters. The van der Waals surface area contributed by atoms with Crippen molar-refractivity contribution in [3.63, 3.8) is 0 Å². The Morgan fingerprint density at radius 2 is 2.19 bits per heavy atom. The van der Waals surface area contributed by atoms with Gasteiger partial charge in [0, 0.05) is 37.6 Å². The number of carbonyl (C=O) groups excluding carboxylic acids is 1. The number of β-amino-alcohol motifs (C(OH)–C–C–N with tert-alkyl or cyclic N) is 1. The van der Waals surface area contributed by atoms with Gasteiger partial charge in [-0.15, -0.1) is 11.8 Å². The predicted molar refractivity (Wildman–Crippen MR) is 104 cm³/mol. The van der Waals surface area contributed by atoms with Crippen molar-refractivity contribution in [2.45, 2.75) is 30.6 Å². The van der Waals surface area contributed by atoms with E-state index in [2.05, 4.69) is 14.9 Å². The highest BCUT2D eigenvalue weighted by Gasteiger charge is 2.43. The maximum absolute atomic E-state index is 12.8. The number of ether oxygens (including phenoxy) is 1. The number of pyridine rings is 1. The number of aliphatic hydroxyl groups is 1. The second kappa shape index (κ2) is 6.89. The van der Waals surface area contributed by atoms with Gasteiger partial charge in [0.25, 0.3) is 5.91 Å². The summed E-state index contributed by atoms with van der Waals surface area (Å²) in [7, 11) is 0. The van der Waals surface area contributed by atoms with Crippen LogP contribution in [0.25, 0.3) is 4.91 Å². The Morgan fingerprint density at radius 3 is 2.96 bits per heavy atom. The molecule has 1 fully saturated rings. The molecule has 27 heavy (non-hydrogen) atoms. The Morgan fingerprint density at radius 1 is 1.33 bits per heavy atom. The molecule has 0 aliphatic carbocycles. The van der Waals surface area contributed by atoms with E-state index in [0.717, 1.165) is 53.3 Å². The number of likely N-dealkylation sites (tertiary alicyclic amines) is 1. The van der Waals surface area contributed by atoms with Gasteiger partial charge in [-0.25, -0.2) is 4.99 Å². The van der Waals surface area contributed by atoms with E-state index in [-0.39, 0.29) is 17.3 Å². The summed E-state index contributed by atoms with van der Waals surface area (Å²) in [6.45, 7) is 2.76. The van der Waals surface area contributed by atoms with Crippen LogP contribution < -0.4 is 0 Å². The number of hydrogen-bond acceptors (Lipinski definition) is 6. The quantitative estimate of drug-likeness (QED) is 0.861. The lowest BCUT2D eigenvalue weighted by atomic mass is 9.92. The number of amides is 1. The fourth-order valence-corrected chi connectivity index (χ4v) is 5.51. The fourth-order valence-electron chi connectivity index (χ4n) is 4.20. The summed E-state index contributed by atoms with van der Waals surface area (Å²) < 4.78 is 6.13. The number of carbonyl (C=O) groups is 1. The van der Waals surface area contributed by atoms with Gasteiger partial charge in [0.15, 0.2) is 0 Å². The van der Waals surface area contributed by atoms with Crippen molar-refractivity contribution < 1.29 is 14.6 Å². The average Bonchev–Trinajstić information content (AvgIpc) is 3.18. The van der Waals surface area contributed by atoms with Gasteiger partial charge in [0.1, 0.15) is 11.0 Å². The Labute approximate surface area is 162 Å². The van der Waals surface area contributed by atoms with Gasteiger partial charge in [-0.2, -0.15) is 0 Å². The normalized spacial score (nSPS) is 28.2. The topological polar surface area (TPSA) is 75.0 Å². The van der Waals surface area contributed by atoms with Crippen molar-refractivity contribution in [2.24, 2.45) is 4.99 Å². The molecule has 6 nitrogen and oxygen atoms in total. The third-order valence-corrected chi connectivity index (χ3v) is 6.80. The third kappa shape index (κ3) is 3.03. The zero-order valence-corrected chi connectivity index (χ0v) is 15.7. The summed E-state index contributed by atoms with van der Waals surface area (Å²) >= 11 is 1.55. The summed E-state index contributed by atoms with van der Waals surface area (Å²) in [6.07, 6.45) is 5.83. The van der Waals surface area contributed by atoms with Crippen LogP contribution in [0, 0.1) is 0 Å². The molecule has 0 spiro atoms. The van der Waals surface area contributed by atoms with E-state index in [1.807, 2.05) is 12.1 Å². The molecule has 5 heterocycles. The number of aromatic nitrogens is 1. The van der Waals surface area contributed by atoms with Crippen LogP contribution >= 0.6 is 11.8 Å². The molecule has 0 aromatic carbocycles. The van der Waals surface area contributed by atoms with Gasteiger partial charge in [-0.1, -0.05) is 0 Å². The van der Waals surface area contributed by atoms with Crippen molar-refractivity contribution in [3.05, 3.63) is 47.0 Å². The highest BCUT2D eigenvalue weighted by molar-refractivity contribution is 8.10. The number of thioether (sulfide) groups is 1. The van der Waals surface area contributed by atoms with Crippen LogP contribution in [0.1, 0.15) is 24.8 Å². The van der Waals surface area contributed by atoms with E-state index < -0.39 is 0 Å². The SMILES string of the molecule is O=C1N=C(CN2CC[C@H](O)C2)C2=C3C(=C(c4ccncc4)SC13)OCCC2. The summed E-state index contributed by atoms with van der Waals surface area (Å²) in [6, 6.07) is 3.91. The molecule has 4 aliphatic rings. The lowest BCUT2D eigenvalue weighted by Gasteiger charge is -2.24. The second-order valence-corrected chi connectivity index (χ2v) is 8.43. The zero-order chi connectivity index (χ0) is 18.4. The van der Waals surface area contributed by atoms with E-state index >= 15 is 0 Å². The molecule has 1 saturated heterocycles. The first-order valence-corrected chi connectivity index (χ1v) is 10.3. The molecule has 2 atom stereocenters. The monoisotopic (exact) mass is 383 g/mol. The molecule has 7 heteroatoms. The van der Waals surface area contributed by atoms with Crippen molar-refractivity contribution in [3.8, 4) is 0 Å². The molecular formula is C20H21N3O3S. The summed E-state index contributed by atoms with van der Waals surface area (Å²) in [4.78, 5) is 24.6. The predicted octanol–water partition coefficient (Wildman–Crippen LogP) is 2.02. The molecule has 0 saturated carbocycles. The highest BCUT2D eigenvalue weighted by atomic mass is 32.2. The Kier molecular flexibility index (Phi) is 4.38. The number of hydrogen-bond donors (Lipinski definition) is 1. The van der Waals surface area contributed by atoms with Crippen LogP contribution in [-0.2, 0) is 9.53 Å². The van der Waals surface area contributed by atoms with E-state index in [1.54, 1.807) is 24.2 Å². The minimum atomic E-state index is -0.302. The van der Waals surface area contributed by atoms with Crippen LogP contribution in [0.15, 0.2) is 46.4 Å². The first kappa shape index (κ1) is 17.2. The van der Waals surface area contributed by atoms with Gasteiger partial charge in [0.05, 0.1) is 23.3 Å². The van der Waals surface area contributed by atoms with Crippen molar-refractivity contribution in [1.82, 2.24) is 9.88 Å². The van der Waals surface area contributed by atoms with Gasteiger partial charge < -0.3 is 9.84 Å². The van der Waals surface area contributed by atoms with Crippen LogP contribution in [0.4, 0.5) is 0 Å². The van der Waals surface area contributed by atoms with E-state index in [1.165, 1.54) is 5.57 Å². The Bertz CT molecular complexity index is 878. The van der Waals surface area contributed by atoms with Gasteiger partial charge in [-0.05, 0) is 42.5 Å². The van der Waals surface area contributed by atoms with Crippen LogP contribution in [0.2, 0.25) is 0 Å². The van der Waals surface area contributed by atoms with E-state index in [9.17, 15) is 9.90 Å². The standard InChI is InChI=1S/C20H21N3O3S/c24-13-5-8-23(10-13)11-15-14-2-1-9-26-17-16(14)19(20(25)22-15)27-18(17)12-3-6-21-7-4-12/h3-4,6-7,13,19,24H,1-2,5,8-11H2/t13-,19?/m0/s1. The smallest absolute Gasteiger partial charge is 0.264 e. The van der Waals surface area contributed by atoms with Crippen LogP contribution in [0.5, 0.6) is 0 Å². The summed E-state index contributed by atoms with van der Waals surface area (Å²) in [5.41, 5.74) is 4.09. The Balaban J connectivity index is 1.56. The molecule has 1 amide bonds. The van der Waals surface area contributed by atoms with Crippen LogP contribution in [-0.4, -0.2) is 64.2 Å². The first-order chi connectivity index (χ1) is 13.2. The number of aliphatic imine (C=N–C) groups is 1. The lowest BCUT2D eigenvalue weighted by molar-refractivity contribution is -0.116. The minimum absolute atomic E-state index is 0.0967. The zero-order valence-electron chi connectivity index (χ0n) is 14.9.